The van der Waals surface area contributed by atoms with Gasteiger partial charge in [-0.3, -0.25) is 9.29 Å². The fraction of sp³-hybridized carbons (Fsp3) is 0.276. The number of nitrogens with zero attached hydrogens (tertiary/aromatic N) is 2. The average Bonchev–Trinajstić information content (AvgIpc) is 2.88. The Morgan fingerprint density at radius 2 is 1.60 bits per heavy atom. The summed E-state index contributed by atoms with van der Waals surface area (Å²) in [5.41, 5.74) is 4.36. The van der Waals surface area contributed by atoms with Crippen LogP contribution in [0.2, 0.25) is 5.02 Å². The van der Waals surface area contributed by atoms with E-state index in [1.165, 1.54) is 23.6 Å². The van der Waals surface area contributed by atoms with E-state index < -0.39 is 10.0 Å². The standard InChI is InChI=1S/C29H29ClN2O2S/c1-21-11-17-25(18-12-21)35(33,34)32(20-22-13-15-24(30)16-14-22)29-19-28(23-7-3-2-4-8-23)31-27-10-6-5-9-26(27)29/h5-6,9-19,23H,2-4,7-8,20H2,1H3. The third-order valence-corrected chi connectivity index (χ3v) is 8.88. The van der Waals surface area contributed by atoms with Gasteiger partial charge in [0.15, 0.2) is 0 Å². The SMILES string of the molecule is Cc1ccc(S(=O)(=O)N(Cc2ccc(Cl)cc2)c2cc(C3CCCCC3)nc3ccccc23)cc1. The van der Waals surface area contributed by atoms with Crippen molar-refractivity contribution in [2.45, 2.75) is 56.4 Å². The van der Waals surface area contributed by atoms with Crippen LogP contribution in [0.4, 0.5) is 5.69 Å². The number of rotatable bonds is 6. The lowest BCUT2D eigenvalue weighted by Gasteiger charge is -2.28. The zero-order chi connectivity index (χ0) is 24.4. The Kier molecular flexibility index (Phi) is 6.81. The molecule has 1 saturated carbocycles. The molecule has 0 bridgehead atoms. The second-order valence-electron chi connectivity index (χ2n) is 9.37. The van der Waals surface area contributed by atoms with Crippen LogP contribution in [-0.4, -0.2) is 13.4 Å². The van der Waals surface area contributed by atoms with E-state index in [9.17, 15) is 8.42 Å². The van der Waals surface area contributed by atoms with Crippen molar-refractivity contribution in [3.05, 3.63) is 101 Å². The van der Waals surface area contributed by atoms with Crippen LogP contribution < -0.4 is 4.31 Å². The van der Waals surface area contributed by atoms with E-state index in [4.69, 9.17) is 16.6 Å². The van der Waals surface area contributed by atoms with E-state index in [1.54, 1.807) is 24.3 Å². The van der Waals surface area contributed by atoms with E-state index in [-0.39, 0.29) is 11.4 Å². The third-order valence-electron chi connectivity index (χ3n) is 6.85. The Morgan fingerprint density at radius 1 is 0.914 bits per heavy atom. The fourth-order valence-corrected chi connectivity index (χ4v) is 6.47. The maximum atomic E-state index is 14.1. The minimum Gasteiger partial charge on any atom is -0.261 e. The number of aromatic nitrogens is 1. The van der Waals surface area contributed by atoms with Crippen molar-refractivity contribution in [3.8, 4) is 0 Å². The summed E-state index contributed by atoms with van der Waals surface area (Å²) < 4.78 is 29.8. The highest BCUT2D eigenvalue weighted by Crippen LogP contribution is 2.38. The molecule has 0 aliphatic heterocycles. The first-order valence-corrected chi connectivity index (χ1v) is 14.0. The molecular weight excluding hydrogens is 476 g/mol. The summed E-state index contributed by atoms with van der Waals surface area (Å²) >= 11 is 6.11. The topological polar surface area (TPSA) is 50.3 Å². The van der Waals surface area contributed by atoms with Gasteiger partial charge in [0.2, 0.25) is 0 Å². The molecule has 0 unspecified atom stereocenters. The van der Waals surface area contributed by atoms with Gasteiger partial charge in [-0.2, -0.15) is 0 Å². The Hall–Kier alpha value is -2.89. The summed E-state index contributed by atoms with van der Waals surface area (Å²) in [4.78, 5) is 5.26. The Bertz CT molecular complexity index is 1430. The summed E-state index contributed by atoms with van der Waals surface area (Å²) in [5, 5.41) is 1.45. The van der Waals surface area contributed by atoms with Gasteiger partial charge in [-0.1, -0.05) is 78.9 Å². The highest BCUT2D eigenvalue weighted by Gasteiger charge is 2.28. The molecule has 0 spiro atoms. The fourth-order valence-electron chi connectivity index (χ4n) is 4.88. The van der Waals surface area contributed by atoms with Crippen molar-refractivity contribution in [2.24, 2.45) is 0 Å². The summed E-state index contributed by atoms with van der Waals surface area (Å²) in [6.45, 7) is 2.15. The third kappa shape index (κ3) is 5.07. The first kappa shape index (κ1) is 23.8. The van der Waals surface area contributed by atoms with Gasteiger partial charge in [0.05, 0.1) is 22.6 Å². The summed E-state index contributed by atoms with van der Waals surface area (Å²) in [5.74, 6) is 0.353. The molecule has 4 aromatic rings. The summed E-state index contributed by atoms with van der Waals surface area (Å²) in [6.07, 6.45) is 5.80. The van der Waals surface area contributed by atoms with Crippen LogP contribution in [-0.2, 0) is 16.6 Å². The smallest absolute Gasteiger partial charge is 0.261 e. The zero-order valence-electron chi connectivity index (χ0n) is 19.8. The Morgan fingerprint density at radius 3 is 2.31 bits per heavy atom. The number of fused-ring (bicyclic) bond motifs is 1. The van der Waals surface area contributed by atoms with Gasteiger partial charge < -0.3 is 0 Å². The second-order valence-corrected chi connectivity index (χ2v) is 11.7. The molecule has 0 amide bonds. The molecule has 1 fully saturated rings. The predicted molar refractivity (Wildman–Crippen MR) is 144 cm³/mol. The Balaban J connectivity index is 1.70. The quantitative estimate of drug-likeness (QED) is 0.271. The van der Waals surface area contributed by atoms with Crippen LogP contribution in [0.1, 0.15) is 54.8 Å². The molecule has 1 aromatic heterocycles. The van der Waals surface area contributed by atoms with E-state index >= 15 is 0 Å². The molecule has 1 aliphatic carbocycles. The Labute approximate surface area is 212 Å². The van der Waals surface area contributed by atoms with Crippen LogP contribution in [0.25, 0.3) is 10.9 Å². The van der Waals surface area contributed by atoms with Crippen LogP contribution >= 0.6 is 11.6 Å². The molecular formula is C29H29ClN2O2S. The molecule has 1 aliphatic rings. The lowest BCUT2D eigenvalue weighted by atomic mass is 9.86. The van der Waals surface area contributed by atoms with Gasteiger partial charge in [-0.05, 0) is 61.7 Å². The zero-order valence-corrected chi connectivity index (χ0v) is 21.4. The molecule has 0 radical (unpaired) electrons. The number of halogens is 1. The van der Waals surface area contributed by atoms with Crippen LogP contribution in [0.5, 0.6) is 0 Å². The number of aryl methyl sites for hydroxylation is 1. The van der Waals surface area contributed by atoms with Gasteiger partial charge in [0.1, 0.15) is 0 Å². The number of para-hydroxylation sites is 1. The van der Waals surface area contributed by atoms with Gasteiger partial charge in [0.25, 0.3) is 10.0 Å². The number of benzene rings is 3. The number of anilines is 1. The highest BCUT2D eigenvalue weighted by molar-refractivity contribution is 7.92. The summed E-state index contributed by atoms with van der Waals surface area (Å²) in [7, 11) is -3.85. The molecule has 1 heterocycles. The van der Waals surface area contributed by atoms with Crippen molar-refractivity contribution in [1.29, 1.82) is 0 Å². The van der Waals surface area contributed by atoms with Crippen molar-refractivity contribution >= 4 is 38.2 Å². The molecule has 35 heavy (non-hydrogen) atoms. The minimum absolute atomic E-state index is 0.200. The van der Waals surface area contributed by atoms with E-state index in [0.717, 1.165) is 40.6 Å². The molecule has 4 nitrogen and oxygen atoms in total. The monoisotopic (exact) mass is 504 g/mol. The van der Waals surface area contributed by atoms with Crippen molar-refractivity contribution in [2.75, 3.05) is 4.31 Å². The van der Waals surface area contributed by atoms with E-state index in [1.807, 2.05) is 61.5 Å². The first-order valence-electron chi connectivity index (χ1n) is 12.2. The lowest BCUT2D eigenvalue weighted by Crippen LogP contribution is -2.31. The molecule has 6 heteroatoms. The molecule has 0 atom stereocenters. The normalized spacial score (nSPS) is 14.8. The summed E-state index contributed by atoms with van der Waals surface area (Å²) in [6, 6.07) is 24.3. The maximum absolute atomic E-state index is 14.1. The molecule has 5 rings (SSSR count). The van der Waals surface area contributed by atoms with Gasteiger partial charge in [-0.25, -0.2) is 8.42 Å². The average molecular weight is 505 g/mol. The van der Waals surface area contributed by atoms with Crippen LogP contribution in [0, 0.1) is 6.92 Å². The largest absolute Gasteiger partial charge is 0.264 e. The lowest BCUT2D eigenvalue weighted by molar-refractivity contribution is 0.437. The minimum atomic E-state index is -3.85. The van der Waals surface area contributed by atoms with Gasteiger partial charge in [0, 0.05) is 22.0 Å². The maximum Gasteiger partial charge on any atom is 0.264 e. The first-order chi connectivity index (χ1) is 16.9. The molecule has 3 aromatic carbocycles. The van der Waals surface area contributed by atoms with Gasteiger partial charge >= 0.3 is 0 Å². The molecule has 0 saturated heterocycles. The number of sulfonamides is 1. The van der Waals surface area contributed by atoms with Crippen molar-refractivity contribution in [1.82, 2.24) is 4.98 Å². The van der Waals surface area contributed by atoms with E-state index in [2.05, 4.69) is 0 Å². The second kappa shape index (κ2) is 10.00. The molecule has 180 valence electrons. The highest BCUT2D eigenvalue weighted by atomic mass is 35.5. The van der Waals surface area contributed by atoms with Crippen molar-refractivity contribution < 1.29 is 8.42 Å². The number of pyridine rings is 1. The number of hydrogen-bond acceptors (Lipinski definition) is 3. The molecule has 0 N–H and O–H groups in total. The van der Waals surface area contributed by atoms with E-state index in [0.29, 0.717) is 16.6 Å². The predicted octanol–water partition coefficient (Wildman–Crippen LogP) is 7.64. The number of hydrogen-bond donors (Lipinski definition) is 0. The van der Waals surface area contributed by atoms with Crippen LogP contribution in [0.15, 0.2) is 83.8 Å². The van der Waals surface area contributed by atoms with Crippen LogP contribution in [0.3, 0.4) is 0 Å². The van der Waals surface area contributed by atoms with Crippen molar-refractivity contribution in [3.63, 3.8) is 0 Å². The van der Waals surface area contributed by atoms with Gasteiger partial charge in [-0.15, -0.1) is 0 Å².